The van der Waals surface area contributed by atoms with E-state index in [1.165, 1.54) is 0 Å². The molecular weight excluding hydrogens is 290 g/mol. The van der Waals surface area contributed by atoms with Crippen LogP contribution in [0, 0.1) is 20.2 Å². The fourth-order valence-electron chi connectivity index (χ4n) is 1.27. The molecule has 20 heavy (non-hydrogen) atoms. The monoisotopic (exact) mass is 299 g/mol. The molecular formula is C10H9N3O6S. The summed E-state index contributed by atoms with van der Waals surface area (Å²) in [5, 5.41) is 23.3. The quantitative estimate of drug-likeness (QED) is 0.508. The fourth-order valence-corrected chi connectivity index (χ4v) is 1.48. The normalized spacial score (nSPS) is 9.65. The molecule has 106 valence electrons. The summed E-state index contributed by atoms with van der Waals surface area (Å²) in [6.45, 7) is 1.88. The van der Waals surface area contributed by atoms with E-state index in [0.717, 1.165) is 18.2 Å². The summed E-state index contributed by atoms with van der Waals surface area (Å²) in [4.78, 5) is 31.5. The zero-order chi connectivity index (χ0) is 15.3. The molecule has 0 aromatic heterocycles. The molecule has 0 bridgehead atoms. The number of hydrogen-bond acceptors (Lipinski definition) is 7. The van der Waals surface area contributed by atoms with Crippen LogP contribution in [-0.4, -0.2) is 27.5 Å². The Labute approximate surface area is 117 Å². The number of benzene rings is 1. The van der Waals surface area contributed by atoms with Crippen LogP contribution in [-0.2, 0) is 4.74 Å². The molecule has 1 rings (SSSR count). The van der Waals surface area contributed by atoms with Crippen molar-refractivity contribution >= 4 is 34.7 Å². The maximum atomic E-state index is 11.8. The van der Waals surface area contributed by atoms with Gasteiger partial charge in [0, 0.05) is 12.1 Å². The highest BCUT2D eigenvalue weighted by Crippen LogP contribution is 2.22. The summed E-state index contributed by atoms with van der Waals surface area (Å²) >= 11 is 4.68. The lowest BCUT2D eigenvalue weighted by Crippen LogP contribution is -2.30. The van der Waals surface area contributed by atoms with Gasteiger partial charge in [-0.05, 0) is 19.1 Å². The molecule has 0 atom stereocenters. The molecule has 9 nitrogen and oxygen atoms in total. The molecule has 1 aromatic rings. The lowest BCUT2D eigenvalue weighted by atomic mass is 10.1. The first-order valence-electron chi connectivity index (χ1n) is 5.27. The van der Waals surface area contributed by atoms with Crippen molar-refractivity contribution in [1.29, 1.82) is 0 Å². The van der Waals surface area contributed by atoms with Crippen molar-refractivity contribution in [3.8, 4) is 0 Å². The van der Waals surface area contributed by atoms with Crippen LogP contribution in [0.1, 0.15) is 17.3 Å². The summed E-state index contributed by atoms with van der Waals surface area (Å²) in [7, 11) is 0. The topological polar surface area (TPSA) is 125 Å². The maximum absolute atomic E-state index is 11.8. The number of hydrogen-bond donors (Lipinski definition) is 1. The van der Waals surface area contributed by atoms with Crippen LogP contribution in [0.25, 0.3) is 0 Å². The lowest BCUT2D eigenvalue weighted by molar-refractivity contribution is -0.394. The van der Waals surface area contributed by atoms with Crippen LogP contribution >= 0.6 is 12.2 Å². The summed E-state index contributed by atoms with van der Waals surface area (Å²) < 4.78 is 4.82. The van der Waals surface area contributed by atoms with Gasteiger partial charge in [0.05, 0.1) is 28.1 Å². The number of ether oxygens (including phenoxy) is 1. The third-order valence-electron chi connectivity index (χ3n) is 2.08. The zero-order valence-corrected chi connectivity index (χ0v) is 11.0. The second-order valence-corrected chi connectivity index (χ2v) is 3.80. The van der Waals surface area contributed by atoms with Gasteiger partial charge in [-0.15, -0.1) is 0 Å². The molecule has 0 saturated heterocycles. The molecule has 0 saturated carbocycles. The number of non-ortho nitro benzene ring substituents is 2. The van der Waals surface area contributed by atoms with Crippen LogP contribution in [0.15, 0.2) is 18.2 Å². The number of nitro benzene ring substituents is 2. The van der Waals surface area contributed by atoms with Crippen LogP contribution in [0.2, 0.25) is 0 Å². The smallest absolute Gasteiger partial charge is 0.277 e. The second kappa shape index (κ2) is 6.52. The van der Waals surface area contributed by atoms with Gasteiger partial charge in [0.1, 0.15) is 0 Å². The number of nitrogens with zero attached hydrogens (tertiary/aromatic N) is 2. The van der Waals surface area contributed by atoms with Gasteiger partial charge in [-0.25, -0.2) is 0 Å². The SMILES string of the molecule is CCOC(=S)NC(=O)c1cc([N+](=O)[O-])cc([N+](=O)[O-])c1. The predicted octanol–water partition coefficient (Wildman–Crippen LogP) is 1.55. The molecule has 1 amide bonds. The Morgan fingerprint density at radius 1 is 1.25 bits per heavy atom. The van der Waals surface area contributed by atoms with E-state index in [2.05, 4.69) is 17.5 Å². The Hall–Kier alpha value is -2.62. The molecule has 10 heteroatoms. The van der Waals surface area contributed by atoms with E-state index < -0.39 is 27.1 Å². The predicted molar refractivity (Wildman–Crippen MR) is 71.4 cm³/mol. The summed E-state index contributed by atoms with van der Waals surface area (Å²) in [5.41, 5.74) is -1.38. The number of nitrogens with one attached hydrogen (secondary N) is 1. The number of nitro groups is 2. The van der Waals surface area contributed by atoms with Gasteiger partial charge >= 0.3 is 0 Å². The first kappa shape index (κ1) is 15.4. The van der Waals surface area contributed by atoms with E-state index in [0.29, 0.717) is 0 Å². The minimum absolute atomic E-state index is 0.216. The number of amides is 1. The summed E-state index contributed by atoms with van der Waals surface area (Å²) in [6.07, 6.45) is 0. The lowest BCUT2D eigenvalue weighted by Gasteiger charge is -2.06. The standard InChI is InChI=1S/C10H9N3O6S/c1-2-19-10(20)11-9(14)6-3-7(12(15)16)5-8(4-6)13(17)18/h3-5H,2H2,1H3,(H,11,14,20). The summed E-state index contributed by atoms with van der Waals surface area (Å²) in [5.74, 6) is -0.824. The van der Waals surface area contributed by atoms with Gasteiger partial charge in [-0.2, -0.15) is 0 Å². The van der Waals surface area contributed by atoms with Crippen LogP contribution in [0.3, 0.4) is 0 Å². The number of carbonyl (C=O) groups excluding carboxylic acids is 1. The number of carbonyl (C=O) groups is 1. The Kier molecular flexibility index (Phi) is 5.03. The molecule has 0 heterocycles. The molecule has 0 aliphatic heterocycles. The minimum Gasteiger partial charge on any atom is -0.471 e. The highest BCUT2D eigenvalue weighted by Gasteiger charge is 2.20. The average Bonchev–Trinajstić information content (AvgIpc) is 2.38. The fraction of sp³-hybridized carbons (Fsp3) is 0.200. The van der Waals surface area contributed by atoms with Crippen LogP contribution < -0.4 is 5.32 Å². The third kappa shape index (κ3) is 3.95. The van der Waals surface area contributed by atoms with E-state index in [1.807, 2.05) is 0 Å². The Morgan fingerprint density at radius 3 is 2.15 bits per heavy atom. The van der Waals surface area contributed by atoms with E-state index in [4.69, 9.17) is 4.74 Å². The average molecular weight is 299 g/mol. The van der Waals surface area contributed by atoms with Crippen LogP contribution in [0.4, 0.5) is 11.4 Å². The van der Waals surface area contributed by atoms with Crippen LogP contribution in [0.5, 0.6) is 0 Å². The Bertz CT molecular complexity index is 556. The van der Waals surface area contributed by atoms with E-state index >= 15 is 0 Å². The molecule has 0 radical (unpaired) electrons. The van der Waals surface area contributed by atoms with Gasteiger partial charge in [0.2, 0.25) is 0 Å². The molecule has 0 fully saturated rings. The van der Waals surface area contributed by atoms with Gasteiger partial charge in [-0.1, -0.05) is 0 Å². The van der Waals surface area contributed by atoms with Crippen molar-refractivity contribution in [3.05, 3.63) is 44.0 Å². The van der Waals surface area contributed by atoms with Crippen molar-refractivity contribution in [3.63, 3.8) is 0 Å². The van der Waals surface area contributed by atoms with Crippen molar-refractivity contribution in [1.82, 2.24) is 5.32 Å². The van der Waals surface area contributed by atoms with E-state index in [9.17, 15) is 25.0 Å². The van der Waals surface area contributed by atoms with Gasteiger partial charge in [0.15, 0.2) is 0 Å². The zero-order valence-electron chi connectivity index (χ0n) is 10.2. The Morgan fingerprint density at radius 2 is 1.75 bits per heavy atom. The first-order chi connectivity index (χ1) is 9.35. The largest absolute Gasteiger partial charge is 0.471 e. The van der Waals surface area contributed by atoms with Gasteiger partial charge in [-0.3, -0.25) is 30.3 Å². The molecule has 0 spiro atoms. The maximum Gasteiger partial charge on any atom is 0.277 e. The highest BCUT2D eigenvalue weighted by molar-refractivity contribution is 7.80. The van der Waals surface area contributed by atoms with Crippen molar-refractivity contribution in [2.24, 2.45) is 0 Å². The minimum atomic E-state index is -0.829. The summed E-state index contributed by atoms with van der Waals surface area (Å²) in [6, 6.07) is 2.59. The molecule has 0 aliphatic carbocycles. The van der Waals surface area contributed by atoms with Gasteiger partial charge < -0.3 is 4.74 Å². The second-order valence-electron chi connectivity index (χ2n) is 3.43. The molecule has 0 unspecified atom stereocenters. The van der Waals surface area contributed by atoms with Crippen molar-refractivity contribution in [2.75, 3.05) is 6.61 Å². The highest BCUT2D eigenvalue weighted by atomic mass is 32.1. The van der Waals surface area contributed by atoms with Crippen molar-refractivity contribution < 1.29 is 19.4 Å². The van der Waals surface area contributed by atoms with E-state index in [-0.39, 0.29) is 17.3 Å². The molecule has 0 aliphatic rings. The molecule has 1 N–H and O–H groups in total. The van der Waals surface area contributed by atoms with E-state index in [1.54, 1.807) is 6.92 Å². The third-order valence-corrected chi connectivity index (χ3v) is 2.30. The number of thiocarbonyl (C=S) groups is 1. The van der Waals surface area contributed by atoms with Crippen molar-refractivity contribution in [2.45, 2.75) is 6.92 Å². The number of rotatable bonds is 4. The Balaban J connectivity index is 3.10. The molecule has 1 aromatic carbocycles. The first-order valence-corrected chi connectivity index (χ1v) is 5.68. The van der Waals surface area contributed by atoms with Gasteiger partial charge in [0.25, 0.3) is 22.5 Å².